The van der Waals surface area contributed by atoms with Crippen LogP contribution < -0.4 is 0 Å². The van der Waals surface area contributed by atoms with Gasteiger partial charge in [0, 0.05) is 25.8 Å². The fraction of sp³-hybridized carbons (Fsp3) is 0.133. The first-order chi connectivity index (χ1) is 24.2. The average molecular weight is 638 g/mol. The molecular weight excluding hydrogens is 599 g/mol. The Kier molecular flexibility index (Phi) is 8.49. The van der Waals surface area contributed by atoms with Crippen LogP contribution in [0.15, 0.2) is 176 Å². The number of fused-ring (bicyclic) bond motifs is 3. The number of rotatable bonds is 11. The van der Waals surface area contributed by atoms with Crippen molar-refractivity contribution in [3.63, 3.8) is 0 Å². The number of aliphatic hydroxyl groups is 1. The Morgan fingerprint density at radius 1 is 0.612 bits per heavy atom. The number of imidazole rings is 1. The Morgan fingerprint density at radius 2 is 1.16 bits per heavy atom. The third kappa shape index (κ3) is 6.02. The van der Waals surface area contributed by atoms with Crippen molar-refractivity contribution in [1.29, 1.82) is 0 Å². The van der Waals surface area contributed by atoms with Crippen molar-refractivity contribution in [2.75, 3.05) is 6.54 Å². The van der Waals surface area contributed by atoms with Crippen LogP contribution in [0.2, 0.25) is 0 Å². The molecule has 240 valence electrons. The molecule has 1 aliphatic rings. The predicted octanol–water partition coefficient (Wildman–Crippen LogP) is 9.03. The number of hydrogen-bond donors (Lipinski definition) is 1. The maximum atomic E-state index is 11.7. The Labute approximate surface area is 288 Å². The smallest absolute Gasteiger partial charge is 0.121 e. The quantitative estimate of drug-likeness (QED) is 0.144. The van der Waals surface area contributed by atoms with Gasteiger partial charge in [-0.15, -0.1) is 0 Å². The van der Waals surface area contributed by atoms with Gasteiger partial charge < -0.3 is 9.67 Å². The van der Waals surface area contributed by atoms with Gasteiger partial charge >= 0.3 is 0 Å². The summed E-state index contributed by atoms with van der Waals surface area (Å²) in [6.45, 7) is 1.76. The third-order valence-corrected chi connectivity index (χ3v) is 9.87. The molecule has 0 fully saturated rings. The summed E-state index contributed by atoms with van der Waals surface area (Å²) in [6, 6.07) is 57.6. The highest BCUT2D eigenvalue weighted by Crippen LogP contribution is 2.41. The van der Waals surface area contributed by atoms with E-state index in [4.69, 9.17) is 4.98 Å². The molecule has 0 spiro atoms. The van der Waals surface area contributed by atoms with E-state index in [2.05, 4.69) is 173 Å². The SMILES string of the molecule is OC(CN(Cc1ccccc1)Cc1cn(C(c2ccccc2)(c2ccccc2)c2ccccc2)cn1)c1ccc2c(c1)Cc1ccccc1-2. The Balaban J connectivity index is 1.13. The lowest BCUT2D eigenvalue weighted by Gasteiger charge is -2.37. The minimum Gasteiger partial charge on any atom is -0.387 e. The predicted molar refractivity (Wildman–Crippen MR) is 197 cm³/mol. The van der Waals surface area contributed by atoms with Crippen molar-refractivity contribution >= 4 is 0 Å². The van der Waals surface area contributed by atoms with Gasteiger partial charge in [-0.05, 0) is 56.5 Å². The topological polar surface area (TPSA) is 41.3 Å². The molecule has 0 saturated carbocycles. The van der Waals surface area contributed by atoms with Crippen molar-refractivity contribution in [1.82, 2.24) is 14.5 Å². The number of aliphatic hydroxyl groups excluding tert-OH is 1. The van der Waals surface area contributed by atoms with E-state index in [0.717, 1.165) is 34.4 Å². The van der Waals surface area contributed by atoms with Crippen LogP contribution in [-0.4, -0.2) is 26.1 Å². The largest absolute Gasteiger partial charge is 0.387 e. The minimum atomic E-state index is -0.642. The van der Waals surface area contributed by atoms with E-state index in [-0.39, 0.29) is 0 Å². The van der Waals surface area contributed by atoms with Gasteiger partial charge in [0.15, 0.2) is 0 Å². The van der Waals surface area contributed by atoms with Crippen LogP contribution in [0.3, 0.4) is 0 Å². The number of aromatic nitrogens is 2. The minimum absolute atomic E-state index is 0.481. The first-order valence-electron chi connectivity index (χ1n) is 17.0. The molecule has 1 heterocycles. The summed E-state index contributed by atoms with van der Waals surface area (Å²) < 4.78 is 2.26. The zero-order valence-electron chi connectivity index (χ0n) is 27.4. The van der Waals surface area contributed by atoms with Gasteiger partial charge in [0.25, 0.3) is 0 Å². The monoisotopic (exact) mass is 637 g/mol. The van der Waals surface area contributed by atoms with Gasteiger partial charge in [-0.3, -0.25) is 4.90 Å². The molecule has 0 saturated heterocycles. The van der Waals surface area contributed by atoms with E-state index < -0.39 is 11.6 Å². The summed E-state index contributed by atoms with van der Waals surface area (Å²) in [7, 11) is 0. The summed E-state index contributed by atoms with van der Waals surface area (Å²) >= 11 is 0. The molecule has 0 amide bonds. The van der Waals surface area contributed by atoms with Crippen LogP contribution in [0.1, 0.15) is 50.7 Å². The van der Waals surface area contributed by atoms with Gasteiger partial charge in [0.2, 0.25) is 0 Å². The van der Waals surface area contributed by atoms with Gasteiger partial charge in [-0.1, -0.05) is 164 Å². The van der Waals surface area contributed by atoms with Gasteiger partial charge in [-0.2, -0.15) is 0 Å². The van der Waals surface area contributed by atoms with Gasteiger partial charge in [0.1, 0.15) is 5.54 Å². The zero-order valence-corrected chi connectivity index (χ0v) is 27.4. The molecule has 0 radical (unpaired) electrons. The molecule has 7 aromatic rings. The molecule has 1 atom stereocenters. The molecule has 4 nitrogen and oxygen atoms in total. The second-order valence-electron chi connectivity index (χ2n) is 13.0. The van der Waals surface area contributed by atoms with Crippen molar-refractivity contribution < 1.29 is 5.11 Å². The maximum Gasteiger partial charge on any atom is 0.121 e. The Hall–Kier alpha value is -5.55. The fourth-order valence-electron chi connectivity index (χ4n) is 7.59. The maximum absolute atomic E-state index is 11.7. The van der Waals surface area contributed by atoms with Gasteiger partial charge in [-0.25, -0.2) is 4.98 Å². The van der Waals surface area contributed by atoms with Crippen molar-refractivity contribution in [2.45, 2.75) is 31.2 Å². The normalized spacial score (nSPS) is 12.9. The number of hydrogen-bond acceptors (Lipinski definition) is 3. The number of benzene rings is 6. The first kappa shape index (κ1) is 30.8. The molecule has 4 heteroatoms. The van der Waals surface area contributed by atoms with E-state index in [1.807, 2.05) is 12.4 Å². The van der Waals surface area contributed by atoms with E-state index in [9.17, 15) is 5.11 Å². The average Bonchev–Trinajstić information content (AvgIpc) is 3.78. The van der Waals surface area contributed by atoms with E-state index >= 15 is 0 Å². The van der Waals surface area contributed by atoms with E-state index in [0.29, 0.717) is 19.6 Å². The van der Waals surface area contributed by atoms with Crippen LogP contribution in [-0.2, 0) is 25.0 Å². The second kappa shape index (κ2) is 13.5. The van der Waals surface area contributed by atoms with Crippen molar-refractivity contribution in [3.8, 4) is 11.1 Å². The van der Waals surface area contributed by atoms with E-state index in [1.54, 1.807) is 0 Å². The molecule has 1 unspecified atom stereocenters. The standard InChI is InChI=1S/C45H39N3O/c49-44(36-25-26-43-37(28-36)27-35-17-13-14-24-42(35)43)32-47(29-34-15-5-1-6-16-34)30-41-31-48(33-46-41)45(38-18-7-2-8-19-38,39-20-9-3-10-21-39)40-22-11-4-12-23-40/h1-26,28,31,33,44,49H,27,29-30,32H2. The lowest BCUT2D eigenvalue weighted by molar-refractivity contribution is 0.104. The molecule has 0 aliphatic heterocycles. The summed E-state index contributed by atoms with van der Waals surface area (Å²) in [5.41, 5.74) is 11.2. The molecule has 49 heavy (non-hydrogen) atoms. The van der Waals surface area contributed by atoms with Gasteiger partial charge in [0.05, 0.1) is 18.1 Å². The lowest BCUT2D eigenvalue weighted by Crippen LogP contribution is -2.37. The fourth-order valence-corrected chi connectivity index (χ4v) is 7.59. The molecule has 1 aliphatic carbocycles. The first-order valence-corrected chi connectivity index (χ1v) is 17.0. The molecule has 1 N–H and O–H groups in total. The lowest BCUT2D eigenvalue weighted by atomic mass is 9.77. The van der Waals surface area contributed by atoms with Crippen LogP contribution in [0.25, 0.3) is 11.1 Å². The number of nitrogens with zero attached hydrogens (tertiary/aromatic N) is 3. The highest BCUT2D eigenvalue weighted by Gasteiger charge is 2.38. The molecule has 0 bridgehead atoms. The second-order valence-corrected chi connectivity index (χ2v) is 13.0. The van der Waals surface area contributed by atoms with Crippen LogP contribution in [0.4, 0.5) is 0 Å². The van der Waals surface area contributed by atoms with E-state index in [1.165, 1.54) is 27.8 Å². The third-order valence-electron chi connectivity index (χ3n) is 9.87. The Morgan fingerprint density at radius 3 is 1.80 bits per heavy atom. The Bertz CT molecular complexity index is 2050. The van der Waals surface area contributed by atoms with Crippen molar-refractivity contribution in [3.05, 3.63) is 221 Å². The van der Waals surface area contributed by atoms with Crippen LogP contribution in [0, 0.1) is 0 Å². The summed E-state index contributed by atoms with van der Waals surface area (Å²) in [6.07, 6.45) is 4.42. The molecule has 8 rings (SSSR count). The highest BCUT2D eigenvalue weighted by atomic mass is 16.3. The molecular formula is C45H39N3O. The van der Waals surface area contributed by atoms with Crippen molar-refractivity contribution in [2.24, 2.45) is 0 Å². The van der Waals surface area contributed by atoms with Crippen LogP contribution in [0.5, 0.6) is 0 Å². The highest BCUT2D eigenvalue weighted by molar-refractivity contribution is 5.77. The summed E-state index contributed by atoms with van der Waals surface area (Å²) in [5.74, 6) is 0. The molecule has 1 aromatic heterocycles. The van der Waals surface area contributed by atoms with Crippen LogP contribution >= 0.6 is 0 Å². The summed E-state index contributed by atoms with van der Waals surface area (Å²) in [5, 5.41) is 11.7. The molecule has 6 aromatic carbocycles. The summed E-state index contributed by atoms with van der Waals surface area (Å²) in [4.78, 5) is 7.34. The zero-order chi connectivity index (χ0) is 33.0.